The largest absolute Gasteiger partial charge is 0.494 e. The second-order valence-corrected chi connectivity index (χ2v) is 5.57. The van der Waals surface area contributed by atoms with E-state index in [0.717, 1.165) is 0 Å². The molecule has 0 radical (unpaired) electrons. The lowest BCUT2D eigenvalue weighted by atomic mass is 10.2. The Morgan fingerprint density at radius 1 is 1.59 bits per heavy atom. The second-order valence-electron chi connectivity index (χ2n) is 3.76. The SMILES string of the molecule is COc1cc(NCC(C)S(C)=O)c(N)cc1F. The molecule has 0 aliphatic rings. The van der Waals surface area contributed by atoms with Crippen LogP contribution in [0.4, 0.5) is 15.8 Å². The number of halogens is 1. The number of anilines is 2. The van der Waals surface area contributed by atoms with Gasteiger partial charge in [-0.25, -0.2) is 4.39 Å². The van der Waals surface area contributed by atoms with Gasteiger partial charge >= 0.3 is 0 Å². The summed E-state index contributed by atoms with van der Waals surface area (Å²) in [5.41, 5.74) is 6.56. The van der Waals surface area contributed by atoms with Crippen LogP contribution in [0.25, 0.3) is 0 Å². The molecule has 17 heavy (non-hydrogen) atoms. The van der Waals surface area contributed by atoms with Crippen LogP contribution in [0.3, 0.4) is 0 Å². The molecule has 0 saturated heterocycles. The van der Waals surface area contributed by atoms with Crippen LogP contribution < -0.4 is 15.8 Å². The van der Waals surface area contributed by atoms with Crippen molar-refractivity contribution in [2.45, 2.75) is 12.2 Å². The molecule has 1 aromatic rings. The number of rotatable bonds is 5. The predicted octanol–water partition coefficient (Wildman–Crippen LogP) is 1.60. The number of hydrogen-bond donors (Lipinski definition) is 2. The Labute approximate surface area is 103 Å². The van der Waals surface area contributed by atoms with Crippen molar-refractivity contribution >= 4 is 22.2 Å². The van der Waals surface area contributed by atoms with E-state index in [4.69, 9.17) is 10.5 Å². The van der Waals surface area contributed by atoms with Crippen LogP contribution in [0.1, 0.15) is 6.92 Å². The van der Waals surface area contributed by atoms with Gasteiger partial charge in [0, 0.05) is 41.0 Å². The van der Waals surface area contributed by atoms with E-state index in [0.29, 0.717) is 17.9 Å². The van der Waals surface area contributed by atoms with Crippen molar-refractivity contribution in [3.8, 4) is 5.75 Å². The maximum absolute atomic E-state index is 13.3. The summed E-state index contributed by atoms with van der Waals surface area (Å²) >= 11 is 0. The fourth-order valence-corrected chi connectivity index (χ4v) is 1.57. The molecule has 0 amide bonds. The normalized spacial score (nSPS) is 14.1. The first kappa shape index (κ1) is 13.8. The quantitative estimate of drug-likeness (QED) is 0.789. The van der Waals surface area contributed by atoms with Crippen molar-refractivity contribution in [3.63, 3.8) is 0 Å². The zero-order chi connectivity index (χ0) is 13.0. The standard InChI is InChI=1S/C11H17FN2O2S/c1-7(17(3)15)6-14-10-5-11(16-2)8(12)4-9(10)13/h4-5,7,14H,6,13H2,1-3H3. The van der Waals surface area contributed by atoms with E-state index in [1.54, 1.807) is 6.26 Å². The van der Waals surface area contributed by atoms with Crippen molar-refractivity contribution < 1.29 is 13.3 Å². The Balaban J connectivity index is 2.80. The molecule has 6 heteroatoms. The van der Waals surface area contributed by atoms with Crippen molar-refractivity contribution in [2.75, 3.05) is 31.0 Å². The lowest BCUT2D eigenvalue weighted by Crippen LogP contribution is -2.21. The monoisotopic (exact) mass is 260 g/mol. The molecule has 0 aromatic heterocycles. The first-order chi connectivity index (χ1) is 7.95. The molecule has 0 aliphatic carbocycles. The smallest absolute Gasteiger partial charge is 0.167 e. The van der Waals surface area contributed by atoms with E-state index in [2.05, 4.69) is 5.32 Å². The minimum Gasteiger partial charge on any atom is -0.494 e. The topological polar surface area (TPSA) is 64.3 Å². The average molecular weight is 260 g/mol. The Kier molecular flexibility index (Phi) is 4.74. The Hall–Kier alpha value is -1.30. The van der Waals surface area contributed by atoms with Crippen LogP contribution in [0.2, 0.25) is 0 Å². The molecule has 0 spiro atoms. The van der Waals surface area contributed by atoms with Gasteiger partial charge in [-0.05, 0) is 6.92 Å². The number of benzene rings is 1. The highest BCUT2D eigenvalue weighted by molar-refractivity contribution is 7.84. The third kappa shape index (κ3) is 3.59. The molecule has 0 fully saturated rings. The molecule has 1 rings (SSSR count). The molecule has 2 atom stereocenters. The summed E-state index contributed by atoms with van der Waals surface area (Å²) in [5.74, 6) is -0.366. The van der Waals surface area contributed by atoms with Crippen LogP contribution in [-0.2, 0) is 10.8 Å². The number of methoxy groups -OCH3 is 1. The summed E-state index contributed by atoms with van der Waals surface area (Å²) in [5, 5.41) is 3.02. The lowest BCUT2D eigenvalue weighted by molar-refractivity contribution is 0.387. The van der Waals surface area contributed by atoms with Crippen LogP contribution in [-0.4, -0.2) is 29.4 Å². The van der Waals surface area contributed by atoms with E-state index in [1.165, 1.54) is 19.2 Å². The number of hydrogen-bond acceptors (Lipinski definition) is 4. The van der Waals surface area contributed by atoms with Gasteiger partial charge in [-0.2, -0.15) is 0 Å². The molecule has 4 nitrogen and oxygen atoms in total. The van der Waals surface area contributed by atoms with Gasteiger partial charge in [0.25, 0.3) is 0 Å². The highest BCUT2D eigenvalue weighted by atomic mass is 32.2. The first-order valence-electron chi connectivity index (χ1n) is 5.14. The third-order valence-electron chi connectivity index (χ3n) is 2.47. The average Bonchev–Trinajstić information content (AvgIpc) is 2.27. The van der Waals surface area contributed by atoms with E-state index in [-0.39, 0.29) is 11.0 Å². The maximum atomic E-state index is 13.3. The third-order valence-corrected chi connectivity index (χ3v) is 3.77. The van der Waals surface area contributed by atoms with Crippen molar-refractivity contribution in [1.82, 2.24) is 0 Å². The number of nitrogens with two attached hydrogens (primary N) is 1. The molecular formula is C11H17FN2O2S. The van der Waals surface area contributed by atoms with E-state index in [1.807, 2.05) is 6.92 Å². The number of nitrogens with one attached hydrogen (secondary N) is 1. The van der Waals surface area contributed by atoms with Crippen molar-refractivity contribution in [2.24, 2.45) is 0 Å². The van der Waals surface area contributed by atoms with Gasteiger partial charge in [-0.1, -0.05) is 0 Å². The number of ether oxygens (including phenoxy) is 1. The second kappa shape index (κ2) is 5.86. The Morgan fingerprint density at radius 3 is 2.76 bits per heavy atom. The van der Waals surface area contributed by atoms with Crippen LogP contribution in [0, 0.1) is 5.82 Å². The van der Waals surface area contributed by atoms with E-state index < -0.39 is 16.6 Å². The van der Waals surface area contributed by atoms with Gasteiger partial charge in [0.15, 0.2) is 11.6 Å². The zero-order valence-corrected chi connectivity index (χ0v) is 10.9. The summed E-state index contributed by atoms with van der Waals surface area (Å²) < 4.78 is 29.3. The number of nitrogen functional groups attached to an aromatic ring is 1. The summed E-state index contributed by atoms with van der Waals surface area (Å²) in [6.45, 7) is 2.36. The minimum atomic E-state index is -0.911. The Bertz CT molecular complexity index is 426. The van der Waals surface area contributed by atoms with Gasteiger partial charge in [0.1, 0.15) is 0 Å². The molecule has 1 aromatic carbocycles. The van der Waals surface area contributed by atoms with Gasteiger partial charge in [0.05, 0.1) is 18.5 Å². The predicted molar refractivity (Wildman–Crippen MR) is 69.4 cm³/mol. The van der Waals surface area contributed by atoms with Gasteiger partial charge in [-0.3, -0.25) is 4.21 Å². The molecule has 0 bridgehead atoms. The van der Waals surface area contributed by atoms with E-state index in [9.17, 15) is 8.60 Å². The van der Waals surface area contributed by atoms with E-state index >= 15 is 0 Å². The molecular weight excluding hydrogens is 243 g/mol. The van der Waals surface area contributed by atoms with Crippen molar-refractivity contribution in [3.05, 3.63) is 17.9 Å². The lowest BCUT2D eigenvalue weighted by Gasteiger charge is -2.14. The van der Waals surface area contributed by atoms with Crippen LogP contribution >= 0.6 is 0 Å². The zero-order valence-electron chi connectivity index (χ0n) is 10.1. The van der Waals surface area contributed by atoms with Gasteiger partial charge in [0.2, 0.25) is 0 Å². The molecule has 0 aliphatic heterocycles. The minimum absolute atomic E-state index is 0.00884. The van der Waals surface area contributed by atoms with Crippen LogP contribution in [0.15, 0.2) is 12.1 Å². The molecule has 0 heterocycles. The van der Waals surface area contributed by atoms with Gasteiger partial charge in [-0.15, -0.1) is 0 Å². The van der Waals surface area contributed by atoms with Crippen molar-refractivity contribution in [1.29, 1.82) is 0 Å². The van der Waals surface area contributed by atoms with Crippen LogP contribution in [0.5, 0.6) is 5.75 Å². The molecule has 0 saturated carbocycles. The molecule has 96 valence electrons. The highest BCUT2D eigenvalue weighted by Crippen LogP contribution is 2.27. The Morgan fingerprint density at radius 2 is 2.24 bits per heavy atom. The molecule has 2 unspecified atom stereocenters. The maximum Gasteiger partial charge on any atom is 0.167 e. The van der Waals surface area contributed by atoms with Gasteiger partial charge < -0.3 is 15.8 Å². The highest BCUT2D eigenvalue weighted by Gasteiger charge is 2.10. The fourth-order valence-electron chi connectivity index (χ4n) is 1.25. The first-order valence-corrected chi connectivity index (χ1v) is 6.77. The fraction of sp³-hybridized carbons (Fsp3) is 0.455. The summed E-state index contributed by atoms with van der Waals surface area (Å²) in [6.07, 6.45) is 1.64. The summed E-state index contributed by atoms with van der Waals surface area (Å²) in [6, 6.07) is 2.70. The summed E-state index contributed by atoms with van der Waals surface area (Å²) in [4.78, 5) is 0. The molecule has 3 N–H and O–H groups in total. The summed E-state index contributed by atoms with van der Waals surface area (Å²) in [7, 11) is 0.480.